The molecule has 2 heterocycles. The average molecular weight is 377 g/mol. The summed E-state index contributed by atoms with van der Waals surface area (Å²) in [4.78, 5) is 32.1. The summed E-state index contributed by atoms with van der Waals surface area (Å²) in [5, 5.41) is 0.714. The Labute approximate surface area is 156 Å². The summed E-state index contributed by atoms with van der Waals surface area (Å²) in [5.74, 6) is 1.16. The van der Waals surface area contributed by atoms with Crippen molar-refractivity contribution in [1.29, 1.82) is 0 Å². The van der Waals surface area contributed by atoms with Gasteiger partial charge in [-0.1, -0.05) is 26.0 Å². The molecule has 0 bridgehead atoms. The van der Waals surface area contributed by atoms with Gasteiger partial charge < -0.3 is 0 Å². The van der Waals surface area contributed by atoms with Crippen LogP contribution in [-0.4, -0.2) is 63.2 Å². The van der Waals surface area contributed by atoms with Crippen LogP contribution in [0.4, 0.5) is 9.18 Å². The van der Waals surface area contributed by atoms with Gasteiger partial charge in [-0.3, -0.25) is 14.6 Å². The zero-order chi connectivity index (χ0) is 19.0. The lowest BCUT2D eigenvalue weighted by atomic mass is 10.1. The van der Waals surface area contributed by atoms with Crippen molar-refractivity contribution in [3.05, 3.63) is 35.6 Å². The second-order valence-electron chi connectivity index (χ2n) is 6.85. The average Bonchev–Trinajstić information content (AvgIpc) is 2.96. The first-order valence-corrected chi connectivity index (χ1v) is 9.42. The number of carbonyl (C=O) groups is 2. The van der Waals surface area contributed by atoms with Crippen LogP contribution in [0.5, 0.6) is 0 Å². The number of fused-ring (bicyclic) bond motifs is 1. The predicted molar refractivity (Wildman–Crippen MR) is 99.8 cm³/mol. The van der Waals surface area contributed by atoms with E-state index in [1.54, 1.807) is 30.9 Å². The van der Waals surface area contributed by atoms with Gasteiger partial charge in [0.15, 0.2) is 0 Å². The smallest absolute Gasteiger partial charge is 0.269 e. The van der Waals surface area contributed by atoms with Crippen molar-refractivity contribution in [3.8, 4) is 0 Å². The highest BCUT2D eigenvalue weighted by atomic mass is 32.2. The number of likely N-dealkylation sites (N-methyl/N-ethyl adjacent to an activating group) is 2. The van der Waals surface area contributed by atoms with Gasteiger partial charge in [0.1, 0.15) is 12.4 Å². The van der Waals surface area contributed by atoms with Crippen molar-refractivity contribution in [2.75, 3.05) is 19.8 Å². The second kappa shape index (κ2) is 7.19. The number of amidine groups is 2. The summed E-state index contributed by atoms with van der Waals surface area (Å²) in [6.07, 6.45) is 0. The lowest BCUT2D eigenvalue weighted by Crippen LogP contribution is -2.61. The number of thioether (sulfide) groups is 1. The number of urea groups is 1. The molecule has 26 heavy (non-hydrogen) atoms. The van der Waals surface area contributed by atoms with E-state index in [1.165, 1.54) is 24.1 Å². The van der Waals surface area contributed by atoms with Gasteiger partial charge in [-0.15, -0.1) is 0 Å². The SMILES string of the molecule is CC(C)CSC1=[N+](Cc2ccc(F)cc2)C2C(=O)N(C)C(=O)N(C)C2=N1. The van der Waals surface area contributed by atoms with Crippen molar-refractivity contribution in [2.24, 2.45) is 10.9 Å². The molecule has 0 radical (unpaired) electrons. The van der Waals surface area contributed by atoms with Crippen molar-refractivity contribution in [3.63, 3.8) is 0 Å². The summed E-state index contributed by atoms with van der Waals surface area (Å²) in [5.41, 5.74) is 0.875. The molecule has 6 nitrogen and oxygen atoms in total. The monoisotopic (exact) mass is 377 g/mol. The third kappa shape index (κ3) is 3.38. The van der Waals surface area contributed by atoms with Gasteiger partial charge in [-0.25, -0.2) is 13.8 Å². The quantitative estimate of drug-likeness (QED) is 0.757. The van der Waals surface area contributed by atoms with Crippen LogP contribution in [0.2, 0.25) is 0 Å². The minimum Gasteiger partial charge on any atom is -0.269 e. The van der Waals surface area contributed by atoms with Gasteiger partial charge >= 0.3 is 11.2 Å². The fourth-order valence-corrected chi connectivity index (χ4v) is 3.85. The third-order valence-corrected chi connectivity index (χ3v) is 5.72. The standard InChI is InChI=1S/C18H22FN4O2S/c1-11(2)10-26-17-20-15-14(16(24)22(4)18(25)21(15)3)23(17)9-12-5-7-13(19)8-6-12/h5-8,11,14H,9-10H2,1-4H3/q+1. The largest absolute Gasteiger partial charge is 0.358 e. The van der Waals surface area contributed by atoms with Gasteiger partial charge in [-0.05, 0) is 40.4 Å². The Morgan fingerprint density at radius 1 is 1.19 bits per heavy atom. The minimum absolute atomic E-state index is 0.297. The third-order valence-electron chi connectivity index (χ3n) is 4.31. The maximum atomic E-state index is 13.2. The van der Waals surface area contributed by atoms with Gasteiger partial charge in [-0.2, -0.15) is 0 Å². The Balaban J connectivity index is 1.98. The van der Waals surface area contributed by atoms with Crippen LogP contribution < -0.4 is 0 Å². The molecule has 0 spiro atoms. The summed E-state index contributed by atoms with van der Waals surface area (Å²) >= 11 is 1.57. The Morgan fingerprint density at radius 3 is 2.46 bits per heavy atom. The molecule has 0 saturated carbocycles. The summed E-state index contributed by atoms with van der Waals surface area (Å²) < 4.78 is 15.1. The number of rotatable bonds is 4. The van der Waals surface area contributed by atoms with E-state index in [2.05, 4.69) is 18.8 Å². The number of hydrogen-bond donors (Lipinski definition) is 0. The predicted octanol–water partition coefficient (Wildman–Crippen LogP) is 2.39. The second-order valence-corrected chi connectivity index (χ2v) is 7.84. The number of benzene rings is 1. The lowest BCUT2D eigenvalue weighted by molar-refractivity contribution is -0.548. The normalized spacial score (nSPS) is 20.2. The molecule has 1 unspecified atom stereocenters. The first-order chi connectivity index (χ1) is 12.3. The fraction of sp³-hybridized carbons (Fsp3) is 0.444. The van der Waals surface area contributed by atoms with Crippen molar-refractivity contribution in [2.45, 2.75) is 26.4 Å². The van der Waals surface area contributed by atoms with E-state index < -0.39 is 6.04 Å². The Hall–Kier alpha value is -2.22. The van der Waals surface area contributed by atoms with Gasteiger partial charge in [0.2, 0.25) is 0 Å². The molecular weight excluding hydrogens is 355 g/mol. The molecule has 138 valence electrons. The molecular formula is C18H22FN4O2S+. The lowest BCUT2D eigenvalue weighted by Gasteiger charge is -2.30. The first kappa shape index (κ1) is 18.6. The number of halogens is 1. The highest BCUT2D eigenvalue weighted by Crippen LogP contribution is 2.25. The number of amides is 3. The maximum Gasteiger partial charge on any atom is 0.358 e. The number of aliphatic imine (C=N–C) groups is 1. The first-order valence-electron chi connectivity index (χ1n) is 8.44. The molecule has 2 aliphatic rings. The van der Waals surface area contributed by atoms with E-state index in [9.17, 15) is 14.0 Å². The van der Waals surface area contributed by atoms with Gasteiger partial charge in [0, 0.05) is 19.8 Å². The van der Waals surface area contributed by atoms with E-state index in [4.69, 9.17) is 0 Å². The van der Waals surface area contributed by atoms with Gasteiger partial charge in [0.05, 0.1) is 0 Å². The van der Waals surface area contributed by atoms with Crippen LogP contribution in [0.25, 0.3) is 0 Å². The molecule has 1 aromatic carbocycles. The number of carbonyl (C=O) groups excluding carboxylic acids is 2. The molecule has 1 atom stereocenters. The Kier molecular flexibility index (Phi) is 5.13. The zero-order valence-electron chi connectivity index (χ0n) is 15.3. The van der Waals surface area contributed by atoms with E-state index in [0.29, 0.717) is 23.5 Å². The van der Waals surface area contributed by atoms with Crippen molar-refractivity contribution >= 4 is 34.7 Å². The van der Waals surface area contributed by atoms with Gasteiger partial charge in [0.25, 0.3) is 17.8 Å². The maximum absolute atomic E-state index is 13.2. The highest BCUT2D eigenvalue weighted by Gasteiger charge is 2.53. The Morgan fingerprint density at radius 2 is 1.85 bits per heavy atom. The molecule has 1 aromatic rings. The topological polar surface area (TPSA) is 56.0 Å². The molecule has 3 amide bonds. The van der Waals surface area contributed by atoms with E-state index >= 15 is 0 Å². The van der Waals surface area contributed by atoms with Crippen LogP contribution in [0.15, 0.2) is 29.3 Å². The molecule has 8 heteroatoms. The zero-order valence-corrected chi connectivity index (χ0v) is 16.1. The van der Waals surface area contributed by atoms with E-state index in [1.807, 2.05) is 4.58 Å². The summed E-state index contributed by atoms with van der Waals surface area (Å²) in [6, 6.07) is 5.18. The molecule has 0 N–H and O–H groups in total. The van der Waals surface area contributed by atoms with E-state index in [-0.39, 0.29) is 17.8 Å². The fourth-order valence-electron chi connectivity index (χ4n) is 2.88. The van der Waals surface area contributed by atoms with Crippen LogP contribution in [0.1, 0.15) is 19.4 Å². The van der Waals surface area contributed by atoms with E-state index in [0.717, 1.165) is 16.2 Å². The molecule has 0 aromatic heterocycles. The van der Waals surface area contributed by atoms with Crippen LogP contribution >= 0.6 is 11.8 Å². The molecule has 1 fully saturated rings. The van der Waals surface area contributed by atoms with Crippen LogP contribution in [0, 0.1) is 11.7 Å². The van der Waals surface area contributed by atoms with Crippen LogP contribution in [-0.2, 0) is 11.3 Å². The minimum atomic E-state index is -0.637. The number of hydrogen-bond acceptors (Lipinski definition) is 4. The molecule has 2 aliphatic heterocycles. The van der Waals surface area contributed by atoms with Crippen molar-refractivity contribution < 1.29 is 18.6 Å². The highest BCUT2D eigenvalue weighted by molar-refractivity contribution is 8.13. The number of imide groups is 1. The summed E-state index contributed by atoms with van der Waals surface area (Å²) in [6.45, 7) is 4.64. The van der Waals surface area contributed by atoms with Crippen LogP contribution in [0.3, 0.4) is 0 Å². The summed E-state index contributed by atoms with van der Waals surface area (Å²) in [7, 11) is 3.11. The number of nitrogens with zero attached hydrogens (tertiary/aromatic N) is 4. The molecule has 3 rings (SSSR count). The van der Waals surface area contributed by atoms with Crippen molar-refractivity contribution in [1.82, 2.24) is 9.80 Å². The Bertz CT molecular complexity index is 804. The molecule has 1 saturated heterocycles. The molecule has 0 aliphatic carbocycles.